The molecule has 0 aliphatic heterocycles. The molecule has 1 atom stereocenters. The average Bonchev–Trinajstić information content (AvgIpc) is 2.74. The molecular weight excluding hydrogens is 383 g/mol. The van der Waals surface area contributed by atoms with Crippen molar-refractivity contribution in [3.63, 3.8) is 0 Å². The molecule has 0 radical (unpaired) electrons. The van der Waals surface area contributed by atoms with Crippen LogP contribution in [0.4, 0.5) is 0 Å². The van der Waals surface area contributed by atoms with Gasteiger partial charge >= 0.3 is 8.25 Å². The zero-order valence-electron chi connectivity index (χ0n) is 16.5. The van der Waals surface area contributed by atoms with Crippen molar-refractivity contribution in [3.05, 3.63) is 72.8 Å². The van der Waals surface area contributed by atoms with E-state index in [2.05, 4.69) is 38.1 Å². The molecular formula is C24H24O4P+. The summed E-state index contributed by atoms with van der Waals surface area (Å²) in [7, 11) is -2.82. The lowest BCUT2D eigenvalue weighted by molar-refractivity contribution is 0.389. The molecule has 0 saturated carbocycles. The molecule has 0 fully saturated rings. The molecule has 0 amide bonds. The molecule has 0 aliphatic rings. The second kappa shape index (κ2) is 9.51. The van der Waals surface area contributed by atoms with Crippen LogP contribution in [0.1, 0.15) is 26.7 Å². The Hall–Kier alpha value is -2.94. The van der Waals surface area contributed by atoms with E-state index in [-0.39, 0.29) is 11.5 Å². The predicted octanol–water partition coefficient (Wildman–Crippen LogP) is 7.20. The normalized spacial score (nSPS) is 11.1. The number of benzene rings is 4. The summed E-state index contributed by atoms with van der Waals surface area (Å²) in [5.41, 5.74) is 1.78. The van der Waals surface area contributed by atoms with Gasteiger partial charge in [-0.2, -0.15) is 0 Å². The quantitative estimate of drug-likeness (QED) is 0.277. The molecule has 5 heteroatoms. The Kier molecular flexibility index (Phi) is 6.82. The molecule has 4 nitrogen and oxygen atoms in total. The summed E-state index contributed by atoms with van der Waals surface area (Å²) < 4.78 is 15.5. The summed E-state index contributed by atoms with van der Waals surface area (Å²) in [6.45, 7) is 4.36. The smallest absolute Gasteiger partial charge is 0.504 e. The SMILES string of the molecule is CCCC.O=[P+](O)Oc1ccc(-c2cc3ccccc3c3ccccc23)cc1O. The molecule has 2 N–H and O–H groups in total. The van der Waals surface area contributed by atoms with E-state index in [9.17, 15) is 9.67 Å². The molecule has 0 aliphatic carbocycles. The molecule has 148 valence electrons. The van der Waals surface area contributed by atoms with Gasteiger partial charge in [0.25, 0.3) is 0 Å². The molecule has 29 heavy (non-hydrogen) atoms. The summed E-state index contributed by atoms with van der Waals surface area (Å²) in [6.07, 6.45) is 2.64. The van der Waals surface area contributed by atoms with Gasteiger partial charge in [-0.05, 0) is 50.9 Å². The van der Waals surface area contributed by atoms with Gasteiger partial charge in [-0.25, -0.2) is 4.52 Å². The van der Waals surface area contributed by atoms with Crippen LogP contribution in [0, 0.1) is 0 Å². The fourth-order valence-corrected chi connectivity index (χ4v) is 3.46. The van der Waals surface area contributed by atoms with E-state index in [0.29, 0.717) is 0 Å². The van der Waals surface area contributed by atoms with Gasteiger partial charge in [0, 0.05) is 4.57 Å². The van der Waals surface area contributed by atoms with E-state index in [4.69, 9.17) is 9.42 Å². The lowest BCUT2D eigenvalue weighted by Gasteiger charge is -2.11. The van der Waals surface area contributed by atoms with E-state index in [1.54, 1.807) is 12.1 Å². The molecule has 0 bridgehead atoms. The van der Waals surface area contributed by atoms with Crippen LogP contribution >= 0.6 is 8.25 Å². The maximum atomic E-state index is 10.8. The van der Waals surface area contributed by atoms with Gasteiger partial charge in [-0.1, -0.05) is 81.3 Å². The number of rotatable bonds is 4. The van der Waals surface area contributed by atoms with Crippen molar-refractivity contribution in [3.8, 4) is 22.6 Å². The summed E-state index contributed by atoms with van der Waals surface area (Å²) in [4.78, 5) is 8.85. The molecule has 4 aromatic carbocycles. The second-order valence-corrected chi connectivity index (χ2v) is 7.36. The van der Waals surface area contributed by atoms with Crippen LogP contribution in [0.25, 0.3) is 32.7 Å². The number of unbranched alkanes of at least 4 members (excludes halogenated alkanes) is 1. The molecule has 0 aromatic heterocycles. The number of fused-ring (bicyclic) bond motifs is 3. The number of aromatic hydroxyl groups is 1. The summed E-state index contributed by atoms with van der Waals surface area (Å²) >= 11 is 0. The van der Waals surface area contributed by atoms with Crippen molar-refractivity contribution >= 4 is 29.8 Å². The topological polar surface area (TPSA) is 66.8 Å². The van der Waals surface area contributed by atoms with Gasteiger partial charge in [0.1, 0.15) is 0 Å². The highest BCUT2D eigenvalue weighted by Crippen LogP contribution is 2.39. The average molecular weight is 407 g/mol. The Morgan fingerprint density at radius 3 is 2.07 bits per heavy atom. The van der Waals surface area contributed by atoms with Gasteiger partial charge in [0.05, 0.1) is 0 Å². The second-order valence-electron chi connectivity index (χ2n) is 6.70. The highest BCUT2D eigenvalue weighted by molar-refractivity contribution is 7.32. The first kappa shape index (κ1) is 20.8. The van der Waals surface area contributed by atoms with Crippen LogP contribution < -0.4 is 4.52 Å². The first-order chi connectivity index (χ1) is 14.0. The molecule has 0 saturated heterocycles. The molecule has 0 heterocycles. The van der Waals surface area contributed by atoms with Crippen molar-refractivity contribution < 1.29 is 19.1 Å². The highest BCUT2D eigenvalue weighted by Gasteiger charge is 2.18. The lowest BCUT2D eigenvalue weighted by atomic mass is 9.93. The Bertz CT molecular complexity index is 1150. The van der Waals surface area contributed by atoms with E-state index in [1.165, 1.54) is 24.3 Å². The maximum Gasteiger partial charge on any atom is 0.747 e. The largest absolute Gasteiger partial charge is 0.747 e. The van der Waals surface area contributed by atoms with Gasteiger partial charge in [0.2, 0.25) is 5.75 Å². The van der Waals surface area contributed by atoms with Crippen molar-refractivity contribution in [2.75, 3.05) is 0 Å². The van der Waals surface area contributed by atoms with Crippen molar-refractivity contribution in [2.24, 2.45) is 0 Å². The van der Waals surface area contributed by atoms with Crippen LogP contribution in [0.5, 0.6) is 11.5 Å². The van der Waals surface area contributed by atoms with Gasteiger partial charge in [-0.3, -0.25) is 0 Å². The Labute approximate surface area is 171 Å². The van der Waals surface area contributed by atoms with Crippen LogP contribution in [0.3, 0.4) is 0 Å². The number of hydrogen-bond acceptors (Lipinski definition) is 3. The monoisotopic (exact) mass is 407 g/mol. The molecule has 4 rings (SSSR count). The minimum Gasteiger partial charge on any atom is -0.504 e. The van der Waals surface area contributed by atoms with Crippen molar-refractivity contribution in [1.82, 2.24) is 0 Å². The fourth-order valence-electron chi connectivity index (χ4n) is 3.14. The predicted molar refractivity (Wildman–Crippen MR) is 120 cm³/mol. The Morgan fingerprint density at radius 1 is 0.828 bits per heavy atom. The molecule has 1 unspecified atom stereocenters. The first-order valence-electron chi connectivity index (χ1n) is 9.63. The summed E-state index contributed by atoms with van der Waals surface area (Å²) in [6, 6.07) is 23.2. The standard InChI is InChI=1S/C20H13O4P.C4H10/c21-19-12-14(9-10-20(19)24-25(22)23)18-11-13-5-1-2-6-15(13)16-7-3-4-8-17(16)18;1-3-4-2/h1-12H,(H-,21,22,23);3-4H2,1-2H3/p+1. The van der Waals surface area contributed by atoms with Gasteiger partial charge in [-0.15, -0.1) is 4.89 Å². The zero-order valence-corrected chi connectivity index (χ0v) is 17.4. The van der Waals surface area contributed by atoms with Gasteiger partial charge in [0.15, 0.2) is 5.75 Å². The summed E-state index contributed by atoms with van der Waals surface area (Å²) in [5.74, 6) is -0.190. The third kappa shape index (κ3) is 4.73. The summed E-state index contributed by atoms with van der Waals surface area (Å²) in [5, 5.41) is 14.6. The minimum absolute atomic E-state index is 0.0162. The third-order valence-electron chi connectivity index (χ3n) is 4.71. The first-order valence-corrected chi connectivity index (χ1v) is 10.8. The van der Waals surface area contributed by atoms with E-state index in [0.717, 1.165) is 27.3 Å². The van der Waals surface area contributed by atoms with Gasteiger partial charge < -0.3 is 5.11 Å². The van der Waals surface area contributed by atoms with E-state index < -0.39 is 8.25 Å². The van der Waals surface area contributed by atoms with Crippen LogP contribution in [-0.4, -0.2) is 10.00 Å². The number of phenols is 1. The Morgan fingerprint density at radius 2 is 1.45 bits per heavy atom. The molecule has 4 aromatic rings. The molecule has 0 spiro atoms. The van der Waals surface area contributed by atoms with Crippen LogP contribution in [-0.2, 0) is 4.57 Å². The highest BCUT2D eigenvalue weighted by atomic mass is 31.1. The fraction of sp³-hybridized carbons (Fsp3) is 0.167. The van der Waals surface area contributed by atoms with E-state index in [1.807, 2.05) is 30.3 Å². The zero-order chi connectivity index (χ0) is 20.8. The maximum absolute atomic E-state index is 10.8. The van der Waals surface area contributed by atoms with Crippen LogP contribution in [0.2, 0.25) is 0 Å². The van der Waals surface area contributed by atoms with Crippen molar-refractivity contribution in [1.29, 1.82) is 0 Å². The van der Waals surface area contributed by atoms with Crippen LogP contribution in [0.15, 0.2) is 72.8 Å². The van der Waals surface area contributed by atoms with Crippen molar-refractivity contribution in [2.45, 2.75) is 26.7 Å². The number of phenolic OH excluding ortho intramolecular Hbond substituents is 1. The minimum atomic E-state index is -2.82. The van der Waals surface area contributed by atoms with E-state index >= 15 is 0 Å². The lowest BCUT2D eigenvalue weighted by Crippen LogP contribution is -1.86. The Balaban J connectivity index is 0.000000552. The third-order valence-corrected chi connectivity index (χ3v) is 5.07. The number of hydrogen-bond donors (Lipinski definition) is 2.